The van der Waals surface area contributed by atoms with Gasteiger partial charge in [-0.15, -0.1) is 0 Å². The summed E-state index contributed by atoms with van der Waals surface area (Å²) in [4.78, 5) is 2.50. The first-order valence-corrected chi connectivity index (χ1v) is 8.32. The number of aromatic nitrogens is 2. The second kappa shape index (κ2) is 6.29. The van der Waals surface area contributed by atoms with E-state index in [1.165, 1.54) is 18.5 Å². The van der Waals surface area contributed by atoms with E-state index < -0.39 is 0 Å². The molecule has 0 spiro atoms. The fourth-order valence-corrected chi connectivity index (χ4v) is 3.35. The van der Waals surface area contributed by atoms with Crippen LogP contribution >= 0.6 is 11.8 Å². The molecule has 1 aliphatic rings. The van der Waals surface area contributed by atoms with Crippen LogP contribution in [0.4, 0.5) is 0 Å². The van der Waals surface area contributed by atoms with Gasteiger partial charge in [0.2, 0.25) is 0 Å². The molecule has 0 aromatic carbocycles. The van der Waals surface area contributed by atoms with E-state index in [-0.39, 0.29) is 0 Å². The first kappa shape index (κ1) is 14.9. The van der Waals surface area contributed by atoms with Crippen molar-refractivity contribution in [3.05, 3.63) is 18.0 Å². The zero-order valence-electron chi connectivity index (χ0n) is 12.3. The molecule has 0 radical (unpaired) electrons. The van der Waals surface area contributed by atoms with Gasteiger partial charge in [-0.25, -0.2) is 0 Å². The third-order valence-electron chi connectivity index (χ3n) is 4.15. The van der Waals surface area contributed by atoms with E-state index in [1.54, 1.807) is 0 Å². The van der Waals surface area contributed by atoms with E-state index in [9.17, 15) is 0 Å². The molecular weight excluding hydrogens is 256 g/mol. The SMILES string of the molecule is CSC1(CN)CCN(Cc2ccn(C(C)C)n2)CC1. The first-order valence-electron chi connectivity index (χ1n) is 7.10. The minimum atomic E-state index is 0.313. The minimum absolute atomic E-state index is 0.313. The van der Waals surface area contributed by atoms with Crippen LogP contribution in [0.25, 0.3) is 0 Å². The molecule has 2 rings (SSSR count). The van der Waals surface area contributed by atoms with Gasteiger partial charge >= 0.3 is 0 Å². The fraction of sp³-hybridized carbons (Fsp3) is 0.786. The van der Waals surface area contributed by atoms with Crippen LogP contribution in [0, 0.1) is 0 Å². The van der Waals surface area contributed by atoms with Gasteiger partial charge in [0, 0.05) is 30.1 Å². The van der Waals surface area contributed by atoms with E-state index >= 15 is 0 Å². The largest absolute Gasteiger partial charge is 0.329 e. The van der Waals surface area contributed by atoms with E-state index in [2.05, 4.69) is 42.4 Å². The monoisotopic (exact) mass is 282 g/mol. The van der Waals surface area contributed by atoms with Crippen molar-refractivity contribution in [1.29, 1.82) is 0 Å². The van der Waals surface area contributed by atoms with Gasteiger partial charge in [0.1, 0.15) is 0 Å². The second-order valence-corrected chi connectivity index (χ2v) is 7.02. The first-order chi connectivity index (χ1) is 9.08. The Hall–Kier alpha value is -0.520. The number of hydrogen-bond donors (Lipinski definition) is 1. The predicted molar refractivity (Wildman–Crippen MR) is 82.4 cm³/mol. The zero-order valence-corrected chi connectivity index (χ0v) is 13.1. The lowest BCUT2D eigenvalue weighted by Gasteiger charge is -2.39. The van der Waals surface area contributed by atoms with Crippen molar-refractivity contribution >= 4 is 11.8 Å². The van der Waals surface area contributed by atoms with Gasteiger partial charge in [-0.2, -0.15) is 16.9 Å². The molecule has 4 nitrogen and oxygen atoms in total. The lowest BCUT2D eigenvalue weighted by Crippen LogP contribution is -2.46. The van der Waals surface area contributed by atoms with Gasteiger partial charge in [0.25, 0.3) is 0 Å². The molecule has 1 fully saturated rings. The Morgan fingerprint density at radius 1 is 1.42 bits per heavy atom. The molecular formula is C14H26N4S. The molecule has 19 heavy (non-hydrogen) atoms. The Balaban J connectivity index is 1.88. The topological polar surface area (TPSA) is 47.1 Å². The summed E-state index contributed by atoms with van der Waals surface area (Å²) in [5.41, 5.74) is 7.11. The number of likely N-dealkylation sites (tertiary alicyclic amines) is 1. The van der Waals surface area contributed by atoms with E-state index in [0.29, 0.717) is 10.8 Å². The molecule has 1 saturated heterocycles. The number of hydrogen-bond acceptors (Lipinski definition) is 4. The molecule has 0 amide bonds. The molecule has 2 N–H and O–H groups in total. The molecule has 108 valence electrons. The highest BCUT2D eigenvalue weighted by Gasteiger charge is 2.32. The highest BCUT2D eigenvalue weighted by atomic mass is 32.2. The van der Waals surface area contributed by atoms with Gasteiger partial charge < -0.3 is 5.73 Å². The average molecular weight is 282 g/mol. The number of nitrogens with zero attached hydrogens (tertiary/aromatic N) is 3. The minimum Gasteiger partial charge on any atom is -0.329 e. The second-order valence-electron chi connectivity index (χ2n) is 5.75. The van der Waals surface area contributed by atoms with Crippen LogP contribution in [0.3, 0.4) is 0 Å². The van der Waals surface area contributed by atoms with Gasteiger partial charge in [-0.05, 0) is 52.1 Å². The molecule has 0 atom stereocenters. The van der Waals surface area contributed by atoms with Crippen LogP contribution in [0.2, 0.25) is 0 Å². The summed E-state index contributed by atoms with van der Waals surface area (Å²) in [6.45, 7) is 8.34. The highest BCUT2D eigenvalue weighted by Crippen LogP contribution is 2.33. The summed E-state index contributed by atoms with van der Waals surface area (Å²) in [5, 5.41) is 4.63. The molecule has 1 aromatic rings. The average Bonchev–Trinajstić information content (AvgIpc) is 2.89. The zero-order chi connectivity index (χ0) is 13.9. The third-order valence-corrected chi connectivity index (χ3v) is 5.59. The molecule has 5 heteroatoms. The smallest absolute Gasteiger partial charge is 0.0764 e. The normalized spacial score (nSPS) is 20.1. The molecule has 0 bridgehead atoms. The Bertz CT molecular complexity index is 388. The molecule has 1 aliphatic heterocycles. The van der Waals surface area contributed by atoms with Gasteiger partial charge in [-0.3, -0.25) is 9.58 Å². The lowest BCUT2D eigenvalue weighted by molar-refractivity contribution is 0.192. The van der Waals surface area contributed by atoms with Gasteiger partial charge in [-0.1, -0.05) is 0 Å². The van der Waals surface area contributed by atoms with Gasteiger partial charge in [0.15, 0.2) is 0 Å². The van der Waals surface area contributed by atoms with Crippen LogP contribution < -0.4 is 5.73 Å². The van der Waals surface area contributed by atoms with E-state index in [4.69, 9.17) is 5.73 Å². The van der Waals surface area contributed by atoms with Gasteiger partial charge in [0.05, 0.1) is 5.69 Å². The molecule has 2 heterocycles. The summed E-state index contributed by atoms with van der Waals surface area (Å²) in [6.07, 6.45) is 6.65. The molecule has 0 unspecified atom stereocenters. The number of nitrogens with two attached hydrogens (primary N) is 1. The van der Waals surface area contributed by atoms with Crippen molar-refractivity contribution in [2.75, 3.05) is 25.9 Å². The van der Waals surface area contributed by atoms with Crippen molar-refractivity contribution in [3.63, 3.8) is 0 Å². The Morgan fingerprint density at radius 3 is 2.58 bits per heavy atom. The quantitative estimate of drug-likeness (QED) is 0.898. The van der Waals surface area contributed by atoms with E-state index in [1.807, 2.05) is 16.4 Å². The van der Waals surface area contributed by atoms with Crippen molar-refractivity contribution in [3.8, 4) is 0 Å². The van der Waals surface area contributed by atoms with Crippen LogP contribution in [-0.4, -0.2) is 45.3 Å². The maximum absolute atomic E-state index is 5.93. The predicted octanol–water partition coefficient (Wildman–Crippen LogP) is 2.12. The Kier molecular flexibility index (Phi) is 4.92. The van der Waals surface area contributed by atoms with Crippen LogP contribution in [0.1, 0.15) is 38.4 Å². The Labute approximate surface area is 120 Å². The Morgan fingerprint density at radius 2 is 2.11 bits per heavy atom. The van der Waals surface area contributed by atoms with Crippen molar-refractivity contribution in [1.82, 2.24) is 14.7 Å². The standard InChI is InChI=1S/C14H26N4S/c1-12(2)18-7-4-13(16-18)10-17-8-5-14(11-15,19-3)6-9-17/h4,7,12H,5-6,8-11,15H2,1-3H3. The summed E-state index contributed by atoms with van der Waals surface area (Å²) in [7, 11) is 0. The fourth-order valence-electron chi connectivity index (χ4n) is 2.59. The number of thioether (sulfide) groups is 1. The summed E-state index contributed by atoms with van der Waals surface area (Å²) >= 11 is 1.94. The lowest BCUT2D eigenvalue weighted by atomic mass is 9.95. The molecule has 1 aromatic heterocycles. The van der Waals surface area contributed by atoms with Crippen LogP contribution in [0.15, 0.2) is 12.3 Å². The molecule has 0 saturated carbocycles. The van der Waals surface area contributed by atoms with E-state index in [0.717, 1.165) is 26.2 Å². The molecule has 0 aliphatic carbocycles. The number of rotatable bonds is 5. The highest BCUT2D eigenvalue weighted by molar-refractivity contribution is 8.00. The maximum atomic E-state index is 5.93. The summed E-state index contributed by atoms with van der Waals surface area (Å²) in [5.74, 6) is 0. The van der Waals surface area contributed by atoms with Crippen molar-refractivity contribution in [2.45, 2.75) is 44.0 Å². The third kappa shape index (κ3) is 3.52. The van der Waals surface area contributed by atoms with Crippen molar-refractivity contribution < 1.29 is 0 Å². The van der Waals surface area contributed by atoms with Crippen LogP contribution in [0.5, 0.6) is 0 Å². The van der Waals surface area contributed by atoms with Crippen LogP contribution in [-0.2, 0) is 6.54 Å². The summed E-state index contributed by atoms with van der Waals surface area (Å²) < 4.78 is 2.35. The summed E-state index contributed by atoms with van der Waals surface area (Å²) in [6, 6.07) is 2.58. The maximum Gasteiger partial charge on any atom is 0.0764 e. The number of piperidine rings is 1. The van der Waals surface area contributed by atoms with Crippen molar-refractivity contribution in [2.24, 2.45) is 5.73 Å².